The number of benzene rings is 1. The highest BCUT2D eigenvalue weighted by atomic mass is 32.1. The van der Waals surface area contributed by atoms with Gasteiger partial charge < -0.3 is 0 Å². The van der Waals surface area contributed by atoms with Gasteiger partial charge in [-0.1, -0.05) is 48.1 Å². The molecule has 0 bridgehead atoms. The molecule has 0 spiro atoms. The summed E-state index contributed by atoms with van der Waals surface area (Å²) in [5.41, 5.74) is 2.79. The van der Waals surface area contributed by atoms with Crippen LogP contribution in [-0.2, 0) is 17.8 Å². The smallest absolute Gasteiger partial charge is 0.263 e. The first-order valence-electron chi connectivity index (χ1n) is 9.14. The molecule has 4 aromatic rings. The summed E-state index contributed by atoms with van der Waals surface area (Å²) in [5, 5.41) is 12.4. The maximum atomic E-state index is 13.2. The van der Waals surface area contributed by atoms with Gasteiger partial charge in [0.05, 0.1) is 11.7 Å². The van der Waals surface area contributed by atoms with Crippen molar-refractivity contribution in [1.29, 1.82) is 0 Å². The number of aromatic nitrogens is 4. The molecule has 3 heterocycles. The summed E-state index contributed by atoms with van der Waals surface area (Å²) in [6.07, 6.45) is 2.18. The van der Waals surface area contributed by atoms with Crippen molar-refractivity contribution >= 4 is 43.9 Å². The molecule has 3 aromatic heterocycles. The summed E-state index contributed by atoms with van der Waals surface area (Å²) in [6, 6.07) is 8.06. The first-order valence-corrected chi connectivity index (χ1v) is 10.8. The Bertz CT molecular complexity index is 1250. The molecule has 0 aliphatic heterocycles. The molecule has 9 heteroatoms. The van der Waals surface area contributed by atoms with E-state index >= 15 is 0 Å². The predicted octanol–water partition coefficient (Wildman–Crippen LogP) is 3.79. The number of anilines is 1. The van der Waals surface area contributed by atoms with Crippen LogP contribution in [0.4, 0.5) is 5.13 Å². The van der Waals surface area contributed by atoms with Crippen LogP contribution in [0.3, 0.4) is 0 Å². The predicted molar refractivity (Wildman–Crippen MR) is 117 cm³/mol. The largest absolute Gasteiger partial charge is 0.299 e. The zero-order chi connectivity index (χ0) is 20.5. The molecule has 0 unspecified atom stereocenters. The fraction of sp³-hybridized carbons (Fsp3) is 0.250. The minimum absolute atomic E-state index is 0.134. The molecule has 7 nitrogen and oxygen atoms in total. The number of hydrogen-bond acceptors (Lipinski definition) is 7. The van der Waals surface area contributed by atoms with Gasteiger partial charge in [0.15, 0.2) is 0 Å². The first-order chi connectivity index (χ1) is 14.0. The number of nitrogens with zero attached hydrogens (tertiary/aromatic N) is 4. The van der Waals surface area contributed by atoms with Crippen molar-refractivity contribution in [2.45, 2.75) is 33.7 Å². The number of aryl methyl sites for hydroxylation is 3. The zero-order valence-electron chi connectivity index (χ0n) is 16.2. The van der Waals surface area contributed by atoms with Crippen molar-refractivity contribution in [2.75, 3.05) is 5.32 Å². The van der Waals surface area contributed by atoms with Gasteiger partial charge in [0.25, 0.3) is 5.56 Å². The molecule has 0 atom stereocenters. The van der Waals surface area contributed by atoms with Crippen molar-refractivity contribution in [1.82, 2.24) is 19.7 Å². The Morgan fingerprint density at radius 1 is 1.14 bits per heavy atom. The Morgan fingerprint density at radius 2 is 1.90 bits per heavy atom. The lowest BCUT2D eigenvalue weighted by molar-refractivity contribution is -0.116. The third kappa shape index (κ3) is 3.83. The summed E-state index contributed by atoms with van der Waals surface area (Å²) >= 11 is 2.81. The van der Waals surface area contributed by atoms with Crippen molar-refractivity contribution in [3.63, 3.8) is 0 Å². The Morgan fingerprint density at radius 3 is 2.59 bits per heavy atom. The van der Waals surface area contributed by atoms with Crippen LogP contribution in [0.1, 0.15) is 22.4 Å². The lowest BCUT2D eigenvalue weighted by atomic mass is 10.0. The standard InChI is InChI=1S/C20H19N5O2S2/c1-4-15-23-24-20(29-15)22-14(26)9-25-10-21-18-17(19(25)27)16(12(3)28-18)13-7-5-11(2)6-8-13/h5-8,10H,4,9H2,1-3H3,(H,22,24,26). The van der Waals surface area contributed by atoms with E-state index in [0.29, 0.717) is 15.3 Å². The average Bonchev–Trinajstić information content (AvgIpc) is 3.28. The SMILES string of the molecule is CCc1nnc(NC(=O)Cn2cnc3sc(C)c(-c4ccc(C)cc4)c3c2=O)s1. The molecule has 0 saturated heterocycles. The van der Waals surface area contributed by atoms with Crippen LogP contribution in [0, 0.1) is 13.8 Å². The maximum Gasteiger partial charge on any atom is 0.263 e. The van der Waals surface area contributed by atoms with Crippen LogP contribution in [0.25, 0.3) is 21.3 Å². The van der Waals surface area contributed by atoms with E-state index in [1.807, 2.05) is 45.0 Å². The van der Waals surface area contributed by atoms with Gasteiger partial charge in [-0.2, -0.15) is 0 Å². The molecule has 29 heavy (non-hydrogen) atoms. The summed E-state index contributed by atoms with van der Waals surface area (Å²) in [5.74, 6) is -0.337. The van der Waals surface area contributed by atoms with E-state index < -0.39 is 0 Å². The third-order valence-corrected chi connectivity index (χ3v) is 6.52. The fourth-order valence-electron chi connectivity index (χ4n) is 3.08. The van der Waals surface area contributed by atoms with Gasteiger partial charge in [-0.15, -0.1) is 21.5 Å². The van der Waals surface area contributed by atoms with Crippen LogP contribution < -0.4 is 10.9 Å². The van der Waals surface area contributed by atoms with E-state index in [-0.39, 0.29) is 18.0 Å². The van der Waals surface area contributed by atoms with Gasteiger partial charge in [0.1, 0.15) is 16.4 Å². The molecule has 1 N–H and O–H groups in total. The van der Waals surface area contributed by atoms with E-state index in [2.05, 4.69) is 20.5 Å². The first kappa shape index (κ1) is 19.4. The molecule has 1 amide bonds. The van der Waals surface area contributed by atoms with Gasteiger partial charge >= 0.3 is 0 Å². The Labute approximate surface area is 175 Å². The average molecular weight is 426 g/mol. The van der Waals surface area contributed by atoms with Crippen molar-refractivity contribution < 1.29 is 4.79 Å². The summed E-state index contributed by atoms with van der Waals surface area (Å²) in [6.45, 7) is 5.85. The van der Waals surface area contributed by atoms with Gasteiger partial charge in [-0.05, 0) is 25.8 Å². The molecule has 148 valence electrons. The monoisotopic (exact) mass is 425 g/mol. The van der Waals surface area contributed by atoms with Crippen molar-refractivity contribution in [3.05, 3.63) is 56.4 Å². The molecular weight excluding hydrogens is 406 g/mol. The molecule has 0 aliphatic rings. The molecule has 0 saturated carbocycles. The topological polar surface area (TPSA) is 89.8 Å². The van der Waals surface area contributed by atoms with E-state index in [0.717, 1.165) is 33.0 Å². The normalized spacial score (nSPS) is 11.1. The minimum atomic E-state index is -0.337. The number of carbonyl (C=O) groups is 1. The van der Waals surface area contributed by atoms with Gasteiger partial charge in [0, 0.05) is 10.4 Å². The van der Waals surface area contributed by atoms with Gasteiger partial charge in [-0.3, -0.25) is 19.5 Å². The highest BCUT2D eigenvalue weighted by Crippen LogP contribution is 2.35. The molecule has 1 aromatic carbocycles. The summed E-state index contributed by atoms with van der Waals surface area (Å²) in [7, 11) is 0. The van der Waals surface area contributed by atoms with Crippen molar-refractivity contribution in [3.8, 4) is 11.1 Å². The second kappa shape index (κ2) is 7.84. The van der Waals surface area contributed by atoms with Crippen LogP contribution in [0.5, 0.6) is 0 Å². The Kier molecular flexibility index (Phi) is 5.25. The van der Waals surface area contributed by atoms with Gasteiger partial charge in [0.2, 0.25) is 11.0 Å². The number of carbonyl (C=O) groups excluding carboxylic acids is 1. The molecule has 0 radical (unpaired) electrons. The fourth-order valence-corrected chi connectivity index (χ4v) is 4.78. The van der Waals surface area contributed by atoms with Crippen LogP contribution in [0.15, 0.2) is 35.4 Å². The number of amides is 1. The Balaban J connectivity index is 1.68. The van der Waals surface area contributed by atoms with Crippen LogP contribution >= 0.6 is 22.7 Å². The van der Waals surface area contributed by atoms with Gasteiger partial charge in [-0.25, -0.2) is 4.98 Å². The number of rotatable bonds is 5. The quantitative estimate of drug-likeness (QED) is 0.525. The van der Waals surface area contributed by atoms with Crippen LogP contribution in [0.2, 0.25) is 0 Å². The number of nitrogens with one attached hydrogen (secondary N) is 1. The van der Waals surface area contributed by atoms with E-state index in [4.69, 9.17) is 0 Å². The van der Waals surface area contributed by atoms with Crippen molar-refractivity contribution in [2.24, 2.45) is 0 Å². The molecule has 0 fully saturated rings. The highest BCUT2D eigenvalue weighted by molar-refractivity contribution is 7.19. The van der Waals surface area contributed by atoms with E-state index in [1.165, 1.54) is 33.6 Å². The zero-order valence-corrected chi connectivity index (χ0v) is 17.9. The lowest BCUT2D eigenvalue weighted by Gasteiger charge is -2.06. The van der Waals surface area contributed by atoms with E-state index in [9.17, 15) is 9.59 Å². The number of fused-ring (bicyclic) bond motifs is 1. The molecular formula is C20H19N5O2S2. The minimum Gasteiger partial charge on any atom is -0.299 e. The maximum absolute atomic E-state index is 13.2. The highest BCUT2D eigenvalue weighted by Gasteiger charge is 2.18. The molecule has 0 aliphatic carbocycles. The Hall–Kier alpha value is -2.91. The third-order valence-electron chi connectivity index (χ3n) is 4.52. The second-order valence-corrected chi connectivity index (χ2v) is 8.92. The molecule has 4 rings (SSSR count). The number of thiophene rings is 1. The lowest BCUT2D eigenvalue weighted by Crippen LogP contribution is -2.27. The van der Waals surface area contributed by atoms with E-state index in [1.54, 1.807) is 0 Å². The summed E-state index contributed by atoms with van der Waals surface area (Å²) in [4.78, 5) is 31.7. The van der Waals surface area contributed by atoms with Crippen LogP contribution in [-0.4, -0.2) is 25.7 Å². The number of hydrogen-bond donors (Lipinski definition) is 1. The second-order valence-electron chi connectivity index (χ2n) is 6.66. The summed E-state index contributed by atoms with van der Waals surface area (Å²) < 4.78 is 1.34.